The molecular weight excluding hydrogens is 268 g/mol. The van der Waals surface area contributed by atoms with Crippen LogP contribution in [0.25, 0.3) is 0 Å². The summed E-state index contributed by atoms with van der Waals surface area (Å²) in [4.78, 5) is 21.1. The predicted octanol–water partition coefficient (Wildman–Crippen LogP) is 1.53. The number of nitrogens with zero attached hydrogens (tertiary/aromatic N) is 2. The first kappa shape index (κ1) is 15.8. The highest BCUT2D eigenvalue weighted by Crippen LogP contribution is 2.29. The SMILES string of the molecule is CCCNC(C)C1CCCCN1c1nc[nH]c(=O)c1OC. The van der Waals surface area contributed by atoms with Crippen molar-refractivity contribution >= 4 is 5.82 Å². The maximum atomic E-state index is 11.9. The van der Waals surface area contributed by atoms with Crippen molar-refractivity contribution in [2.24, 2.45) is 0 Å². The highest BCUT2D eigenvalue weighted by atomic mass is 16.5. The average molecular weight is 294 g/mol. The number of piperidine rings is 1. The van der Waals surface area contributed by atoms with Crippen LogP contribution >= 0.6 is 0 Å². The molecule has 2 heterocycles. The van der Waals surface area contributed by atoms with Crippen LogP contribution in [0.15, 0.2) is 11.1 Å². The number of methoxy groups -OCH3 is 1. The molecule has 0 bridgehead atoms. The van der Waals surface area contributed by atoms with Crippen LogP contribution in [0.4, 0.5) is 5.82 Å². The molecule has 1 aliphatic rings. The second kappa shape index (κ2) is 7.45. The Hall–Kier alpha value is -1.56. The molecule has 2 unspecified atom stereocenters. The van der Waals surface area contributed by atoms with Crippen molar-refractivity contribution < 1.29 is 4.74 Å². The van der Waals surface area contributed by atoms with Crippen LogP contribution in [0.2, 0.25) is 0 Å². The Morgan fingerprint density at radius 3 is 3.10 bits per heavy atom. The average Bonchev–Trinajstić information content (AvgIpc) is 2.52. The zero-order chi connectivity index (χ0) is 15.2. The predicted molar refractivity (Wildman–Crippen MR) is 84.2 cm³/mol. The van der Waals surface area contributed by atoms with E-state index >= 15 is 0 Å². The Labute approximate surface area is 125 Å². The maximum Gasteiger partial charge on any atom is 0.295 e. The van der Waals surface area contributed by atoms with Gasteiger partial charge in [-0.25, -0.2) is 4.98 Å². The van der Waals surface area contributed by atoms with E-state index < -0.39 is 0 Å². The third-order valence-electron chi connectivity index (χ3n) is 4.11. The van der Waals surface area contributed by atoms with Gasteiger partial charge in [-0.15, -0.1) is 0 Å². The Morgan fingerprint density at radius 2 is 2.38 bits per heavy atom. The lowest BCUT2D eigenvalue weighted by Gasteiger charge is -2.40. The lowest BCUT2D eigenvalue weighted by Crippen LogP contribution is -2.52. The molecule has 21 heavy (non-hydrogen) atoms. The summed E-state index contributed by atoms with van der Waals surface area (Å²) in [5.74, 6) is 0.975. The summed E-state index contributed by atoms with van der Waals surface area (Å²) in [5.41, 5.74) is -0.221. The quantitative estimate of drug-likeness (QED) is 0.832. The molecule has 0 amide bonds. The van der Waals surface area contributed by atoms with Crippen molar-refractivity contribution in [2.45, 2.75) is 51.6 Å². The third-order valence-corrected chi connectivity index (χ3v) is 4.11. The van der Waals surface area contributed by atoms with Crippen molar-refractivity contribution in [3.63, 3.8) is 0 Å². The topological polar surface area (TPSA) is 70.2 Å². The molecule has 1 aliphatic heterocycles. The molecule has 0 spiro atoms. The van der Waals surface area contributed by atoms with Gasteiger partial charge in [0, 0.05) is 18.6 Å². The molecule has 2 N–H and O–H groups in total. The lowest BCUT2D eigenvalue weighted by atomic mass is 9.96. The van der Waals surface area contributed by atoms with Gasteiger partial charge in [-0.1, -0.05) is 6.92 Å². The molecule has 0 saturated carbocycles. The molecule has 1 fully saturated rings. The van der Waals surface area contributed by atoms with Gasteiger partial charge in [-0.2, -0.15) is 0 Å². The first-order valence-electron chi connectivity index (χ1n) is 7.80. The fourth-order valence-corrected chi connectivity index (χ4v) is 3.01. The van der Waals surface area contributed by atoms with Gasteiger partial charge in [-0.05, 0) is 39.2 Å². The number of aromatic amines is 1. The minimum Gasteiger partial charge on any atom is -0.489 e. The summed E-state index contributed by atoms with van der Waals surface area (Å²) in [5, 5.41) is 3.56. The number of H-pyrrole nitrogens is 1. The van der Waals surface area contributed by atoms with Gasteiger partial charge in [0.05, 0.1) is 13.4 Å². The lowest BCUT2D eigenvalue weighted by molar-refractivity contribution is 0.355. The molecule has 1 aromatic rings. The van der Waals surface area contributed by atoms with E-state index in [0.29, 0.717) is 23.7 Å². The number of anilines is 1. The number of aromatic nitrogens is 2. The van der Waals surface area contributed by atoms with Gasteiger partial charge in [0.1, 0.15) is 0 Å². The molecule has 6 heteroatoms. The number of rotatable bonds is 6. The van der Waals surface area contributed by atoms with Crippen LogP contribution in [0.5, 0.6) is 5.75 Å². The Kier molecular flexibility index (Phi) is 5.61. The van der Waals surface area contributed by atoms with E-state index in [1.807, 2.05) is 0 Å². The highest BCUT2D eigenvalue weighted by Gasteiger charge is 2.30. The first-order valence-corrected chi connectivity index (χ1v) is 7.80. The van der Waals surface area contributed by atoms with E-state index in [9.17, 15) is 4.79 Å². The molecular formula is C15H26N4O2. The van der Waals surface area contributed by atoms with Crippen LogP contribution in [0, 0.1) is 0 Å². The first-order chi connectivity index (χ1) is 10.2. The molecule has 6 nitrogen and oxygen atoms in total. The summed E-state index contributed by atoms with van der Waals surface area (Å²) in [6.45, 7) is 6.29. The summed E-state index contributed by atoms with van der Waals surface area (Å²) in [6, 6.07) is 0.699. The van der Waals surface area contributed by atoms with Crippen molar-refractivity contribution in [3.8, 4) is 5.75 Å². The summed E-state index contributed by atoms with van der Waals surface area (Å²) in [6.07, 6.45) is 6.01. The van der Waals surface area contributed by atoms with Gasteiger partial charge in [-0.3, -0.25) is 4.79 Å². The third kappa shape index (κ3) is 3.56. The standard InChI is InChI=1S/C15H26N4O2/c1-4-8-16-11(2)12-7-5-6-9-19(12)14-13(21-3)15(20)18-10-17-14/h10-12,16H,4-9H2,1-3H3,(H,17,18,20). The molecule has 118 valence electrons. The second-order valence-corrected chi connectivity index (χ2v) is 5.59. The molecule has 0 aromatic carbocycles. The normalized spacial score (nSPS) is 20.3. The zero-order valence-electron chi connectivity index (χ0n) is 13.2. The number of nitrogens with one attached hydrogen (secondary N) is 2. The number of hydrogen-bond donors (Lipinski definition) is 2. The van der Waals surface area contributed by atoms with Crippen molar-refractivity contribution in [3.05, 3.63) is 16.7 Å². The smallest absolute Gasteiger partial charge is 0.295 e. The van der Waals surface area contributed by atoms with Crippen molar-refractivity contribution in [1.82, 2.24) is 15.3 Å². The van der Waals surface area contributed by atoms with Crippen LogP contribution in [0.3, 0.4) is 0 Å². The molecule has 1 aromatic heterocycles. The molecule has 0 aliphatic carbocycles. The Bertz CT molecular complexity index is 503. The van der Waals surface area contributed by atoms with Crippen molar-refractivity contribution in [1.29, 1.82) is 0 Å². The van der Waals surface area contributed by atoms with E-state index in [4.69, 9.17) is 4.74 Å². The van der Waals surface area contributed by atoms with E-state index in [1.54, 1.807) is 0 Å². The van der Waals surface area contributed by atoms with Gasteiger partial charge in [0.25, 0.3) is 5.56 Å². The zero-order valence-corrected chi connectivity index (χ0v) is 13.2. The molecule has 2 atom stereocenters. The fourth-order valence-electron chi connectivity index (χ4n) is 3.01. The Balaban J connectivity index is 2.26. The molecule has 1 saturated heterocycles. The second-order valence-electron chi connectivity index (χ2n) is 5.59. The van der Waals surface area contributed by atoms with Crippen molar-refractivity contribution in [2.75, 3.05) is 25.1 Å². The van der Waals surface area contributed by atoms with E-state index in [0.717, 1.165) is 32.4 Å². The maximum absolute atomic E-state index is 11.9. The van der Waals surface area contributed by atoms with Gasteiger partial charge in [0.15, 0.2) is 5.82 Å². The molecule has 0 radical (unpaired) electrons. The van der Waals surface area contributed by atoms with Crippen LogP contribution in [0.1, 0.15) is 39.5 Å². The number of hydrogen-bond acceptors (Lipinski definition) is 5. The highest BCUT2D eigenvalue weighted by molar-refractivity contribution is 5.52. The summed E-state index contributed by atoms with van der Waals surface area (Å²) in [7, 11) is 1.52. The van der Waals surface area contributed by atoms with Gasteiger partial charge in [0.2, 0.25) is 5.75 Å². The van der Waals surface area contributed by atoms with E-state index in [2.05, 4.69) is 34.0 Å². The summed E-state index contributed by atoms with van der Waals surface area (Å²) >= 11 is 0. The Morgan fingerprint density at radius 1 is 1.57 bits per heavy atom. The fraction of sp³-hybridized carbons (Fsp3) is 0.733. The van der Waals surface area contributed by atoms with E-state index in [1.165, 1.54) is 19.9 Å². The largest absolute Gasteiger partial charge is 0.489 e. The van der Waals surface area contributed by atoms with E-state index in [-0.39, 0.29) is 5.56 Å². The van der Waals surface area contributed by atoms with Crippen LogP contribution in [-0.4, -0.2) is 42.3 Å². The summed E-state index contributed by atoms with van der Waals surface area (Å²) < 4.78 is 5.27. The minimum absolute atomic E-state index is 0.221. The number of ether oxygens (including phenoxy) is 1. The van der Waals surface area contributed by atoms with Crippen LogP contribution < -0.4 is 20.5 Å². The minimum atomic E-state index is -0.221. The van der Waals surface area contributed by atoms with Gasteiger partial charge >= 0.3 is 0 Å². The molecule has 2 rings (SSSR count). The monoisotopic (exact) mass is 294 g/mol. The van der Waals surface area contributed by atoms with Gasteiger partial charge < -0.3 is 19.9 Å². The van der Waals surface area contributed by atoms with Crippen LogP contribution in [-0.2, 0) is 0 Å².